The van der Waals surface area contributed by atoms with Crippen molar-refractivity contribution in [1.82, 2.24) is 5.32 Å². The van der Waals surface area contributed by atoms with Gasteiger partial charge in [0, 0.05) is 17.3 Å². The van der Waals surface area contributed by atoms with E-state index in [9.17, 15) is 13.2 Å². The van der Waals surface area contributed by atoms with Gasteiger partial charge in [0.2, 0.25) is 10.0 Å². The number of carbonyl (C=O) groups is 1. The van der Waals surface area contributed by atoms with Gasteiger partial charge in [-0.1, -0.05) is 38.1 Å². The molecule has 0 saturated heterocycles. The van der Waals surface area contributed by atoms with E-state index in [0.717, 1.165) is 28.5 Å². The highest BCUT2D eigenvalue weighted by atomic mass is 32.2. The fraction of sp³-hybridized carbons (Fsp3) is 0.381. The van der Waals surface area contributed by atoms with Gasteiger partial charge >= 0.3 is 0 Å². The standard InChI is InChI=1S/C21H28N2O3S/c1-13(2)16(5)22-21(24)20-14(3)10-18(11-15(20)4)17-8-7-9-19(12-17)23-27(6,25)26/h7-13,16,23H,1-6H3,(H,22,24). The minimum Gasteiger partial charge on any atom is -0.349 e. The van der Waals surface area contributed by atoms with Crippen LogP contribution in [-0.4, -0.2) is 26.6 Å². The van der Waals surface area contributed by atoms with Crippen LogP contribution in [-0.2, 0) is 10.0 Å². The molecule has 1 unspecified atom stereocenters. The predicted octanol–water partition coefficient (Wildman–Crippen LogP) is 4.12. The lowest BCUT2D eigenvalue weighted by atomic mass is 9.94. The molecule has 27 heavy (non-hydrogen) atoms. The van der Waals surface area contributed by atoms with Gasteiger partial charge in [-0.2, -0.15) is 0 Å². The second-order valence-electron chi connectivity index (χ2n) is 7.45. The molecule has 0 saturated carbocycles. The molecule has 0 aromatic heterocycles. The van der Waals surface area contributed by atoms with Gasteiger partial charge in [0.1, 0.15) is 0 Å². The first-order valence-electron chi connectivity index (χ1n) is 8.98. The maximum absolute atomic E-state index is 12.7. The maximum Gasteiger partial charge on any atom is 0.252 e. The molecule has 2 aromatic rings. The van der Waals surface area contributed by atoms with Crippen LogP contribution in [0.5, 0.6) is 0 Å². The van der Waals surface area contributed by atoms with Gasteiger partial charge in [0.25, 0.3) is 5.91 Å². The van der Waals surface area contributed by atoms with Crippen LogP contribution in [0.1, 0.15) is 42.3 Å². The molecule has 0 heterocycles. The Labute approximate surface area is 162 Å². The summed E-state index contributed by atoms with van der Waals surface area (Å²) in [6, 6.07) is 11.2. The van der Waals surface area contributed by atoms with Crippen molar-refractivity contribution >= 4 is 21.6 Å². The highest BCUT2D eigenvalue weighted by Crippen LogP contribution is 2.27. The van der Waals surface area contributed by atoms with E-state index in [1.54, 1.807) is 18.2 Å². The van der Waals surface area contributed by atoms with Crippen molar-refractivity contribution in [2.75, 3.05) is 11.0 Å². The summed E-state index contributed by atoms with van der Waals surface area (Å²) in [5.74, 6) is 0.296. The van der Waals surface area contributed by atoms with Crippen molar-refractivity contribution in [3.63, 3.8) is 0 Å². The Morgan fingerprint density at radius 2 is 1.56 bits per heavy atom. The molecule has 146 valence electrons. The predicted molar refractivity (Wildman–Crippen MR) is 112 cm³/mol. The Balaban J connectivity index is 2.37. The fourth-order valence-electron chi connectivity index (χ4n) is 2.91. The maximum atomic E-state index is 12.7. The number of aryl methyl sites for hydroxylation is 2. The molecule has 0 bridgehead atoms. The molecule has 1 atom stereocenters. The van der Waals surface area contributed by atoms with E-state index in [4.69, 9.17) is 0 Å². The summed E-state index contributed by atoms with van der Waals surface area (Å²) in [7, 11) is -3.33. The first kappa shape index (κ1) is 21.0. The minimum atomic E-state index is -3.33. The monoisotopic (exact) mass is 388 g/mol. The number of hydrogen-bond donors (Lipinski definition) is 2. The van der Waals surface area contributed by atoms with E-state index >= 15 is 0 Å². The van der Waals surface area contributed by atoms with Crippen LogP contribution in [0, 0.1) is 19.8 Å². The quantitative estimate of drug-likeness (QED) is 0.782. The second-order valence-corrected chi connectivity index (χ2v) is 9.19. The number of amides is 1. The van der Waals surface area contributed by atoms with Crippen molar-refractivity contribution in [3.05, 3.63) is 53.1 Å². The van der Waals surface area contributed by atoms with E-state index in [1.165, 1.54) is 0 Å². The summed E-state index contributed by atoms with van der Waals surface area (Å²) in [4.78, 5) is 12.7. The molecule has 0 radical (unpaired) electrons. The highest BCUT2D eigenvalue weighted by molar-refractivity contribution is 7.92. The van der Waals surface area contributed by atoms with Gasteiger partial charge in [-0.25, -0.2) is 8.42 Å². The molecule has 5 nitrogen and oxygen atoms in total. The summed E-state index contributed by atoms with van der Waals surface area (Å²) in [5, 5.41) is 3.06. The van der Waals surface area contributed by atoms with Crippen molar-refractivity contribution in [2.24, 2.45) is 5.92 Å². The molecule has 0 aliphatic heterocycles. The van der Waals surface area contributed by atoms with E-state index in [1.807, 2.05) is 39.0 Å². The van der Waals surface area contributed by atoms with Crippen LogP contribution in [0.25, 0.3) is 11.1 Å². The van der Waals surface area contributed by atoms with Crippen LogP contribution >= 0.6 is 0 Å². The normalized spacial score (nSPS) is 12.7. The molecular formula is C21H28N2O3S. The third-order valence-corrected chi connectivity index (χ3v) is 5.22. The molecular weight excluding hydrogens is 360 g/mol. The third kappa shape index (κ3) is 5.57. The number of benzene rings is 2. The van der Waals surface area contributed by atoms with Crippen molar-refractivity contribution in [2.45, 2.75) is 40.7 Å². The molecule has 2 rings (SSSR count). The molecule has 0 aliphatic carbocycles. The minimum absolute atomic E-state index is 0.0646. The zero-order valence-corrected chi connectivity index (χ0v) is 17.6. The SMILES string of the molecule is Cc1cc(-c2cccc(NS(C)(=O)=O)c2)cc(C)c1C(=O)NC(C)C(C)C. The van der Waals surface area contributed by atoms with Crippen LogP contribution < -0.4 is 10.0 Å². The Kier molecular flexibility index (Phi) is 6.31. The third-order valence-electron chi connectivity index (χ3n) is 4.62. The Hall–Kier alpha value is -2.34. The second kappa shape index (κ2) is 8.13. The number of anilines is 1. The molecule has 0 spiro atoms. The van der Waals surface area contributed by atoms with Crippen LogP contribution in [0.3, 0.4) is 0 Å². The topological polar surface area (TPSA) is 75.3 Å². The van der Waals surface area contributed by atoms with E-state index < -0.39 is 10.0 Å². The molecule has 1 amide bonds. The van der Waals surface area contributed by atoms with Gasteiger partial charge in [-0.05, 0) is 61.1 Å². The Morgan fingerprint density at radius 1 is 0.963 bits per heavy atom. The van der Waals surface area contributed by atoms with Gasteiger partial charge in [-0.3, -0.25) is 9.52 Å². The smallest absolute Gasteiger partial charge is 0.252 e. The van der Waals surface area contributed by atoms with Gasteiger partial charge in [0.15, 0.2) is 0 Å². The summed E-state index contributed by atoms with van der Waals surface area (Å²) in [5.41, 5.74) is 4.81. The lowest BCUT2D eigenvalue weighted by Crippen LogP contribution is -2.36. The average Bonchev–Trinajstić information content (AvgIpc) is 2.52. The lowest BCUT2D eigenvalue weighted by molar-refractivity contribution is 0.0929. The van der Waals surface area contributed by atoms with Gasteiger partial charge in [-0.15, -0.1) is 0 Å². The van der Waals surface area contributed by atoms with Crippen LogP contribution in [0.15, 0.2) is 36.4 Å². The zero-order valence-electron chi connectivity index (χ0n) is 16.8. The first-order valence-corrected chi connectivity index (χ1v) is 10.9. The van der Waals surface area contributed by atoms with Crippen molar-refractivity contribution in [3.8, 4) is 11.1 Å². The van der Waals surface area contributed by atoms with Crippen molar-refractivity contribution < 1.29 is 13.2 Å². The molecule has 6 heteroatoms. The number of rotatable bonds is 6. The summed E-state index contributed by atoms with van der Waals surface area (Å²) < 4.78 is 25.4. The molecule has 0 aliphatic rings. The number of carbonyl (C=O) groups excluding carboxylic acids is 1. The Morgan fingerprint density at radius 3 is 2.07 bits per heavy atom. The van der Waals surface area contributed by atoms with E-state index in [2.05, 4.69) is 23.9 Å². The molecule has 0 fully saturated rings. The summed E-state index contributed by atoms with van der Waals surface area (Å²) in [6.07, 6.45) is 1.12. The number of nitrogens with one attached hydrogen (secondary N) is 2. The number of hydrogen-bond acceptors (Lipinski definition) is 3. The first-order chi connectivity index (χ1) is 12.5. The van der Waals surface area contributed by atoms with E-state index in [0.29, 0.717) is 17.2 Å². The lowest BCUT2D eigenvalue weighted by Gasteiger charge is -2.20. The van der Waals surface area contributed by atoms with Crippen LogP contribution in [0.2, 0.25) is 0 Å². The zero-order chi connectivity index (χ0) is 20.4. The van der Waals surface area contributed by atoms with E-state index in [-0.39, 0.29) is 11.9 Å². The molecule has 2 aromatic carbocycles. The highest BCUT2D eigenvalue weighted by Gasteiger charge is 2.17. The fourth-order valence-corrected chi connectivity index (χ4v) is 3.47. The van der Waals surface area contributed by atoms with Gasteiger partial charge < -0.3 is 5.32 Å². The number of sulfonamides is 1. The largest absolute Gasteiger partial charge is 0.349 e. The van der Waals surface area contributed by atoms with Crippen molar-refractivity contribution in [1.29, 1.82) is 0 Å². The summed E-state index contributed by atoms with van der Waals surface area (Å²) >= 11 is 0. The average molecular weight is 389 g/mol. The summed E-state index contributed by atoms with van der Waals surface area (Å²) in [6.45, 7) is 9.99. The molecule has 2 N–H and O–H groups in total. The van der Waals surface area contributed by atoms with Crippen LogP contribution in [0.4, 0.5) is 5.69 Å². The van der Waals surface area contributed by atoms with Gasteiger partial charge in [0.05, 0.1) is 6.26 Å². The Bertz CT molecular complexity index is 927.